The number of ether oxygens (including phenoxy) is 3. The van der Waals surface area contributed by atoms with Gasteiger partial charge in [-0.15, -0.1) is 0 Å². The fourth-order valence-electron chi connectivity index (χ4n) is 0.988. The maximum Gasteiger partial charge on any atom is 0.333 e. The van der Waals surface area contributed by atoms with E-state index in [4.69, 9.17) is 14.2 Å². The molecule has 0 saturated heterocycles. The topological polar surface area (TPSA) is 61.8 Å². The molecule has 20 heavy (non-hydrogen) atoms. The molecule has 0 spiro atoms. The highest BCUT2D eigenvalue weighted by molar-refractivity contribution is 5.87. The molecule has 0 aliphatic heterocycles. The van der Waals surface area contributed by atoms with Gasteiger partial charge in [0.2, 0.25) is 0 Å². The molecule has 0 bridgehead atoms. The largest absolute Gasteiger partial charge is 0.459 e. The van der Waals surface area contributed by atoms with Crippen molar-refractivity contribution in [2.45, 2.75) is 26.9 Å². The van der Waals surface area contributed by atoms with E-state index < -0.39 is 18.0 Å². The molecule has 0 aromatic rings. The maximum absolute atomic E-state index is 11.3. The first kappa shape index (κ1) is 18.1. The third-order valence-electron chi connectivity index (χ3n) is 2.06. The van der Waals surface area contributed by atoms with Gasteiger partial charge < -0.3 is 14.2 Å². The molecule has 0 aliphatic rings. The standard InChI is InChI=1S/C15H22O5/c1-10(2)7-18-13(8-19-14(16)11(3)4)9-20-15(17)12(5)6/h13H,1,3,5,7-9H2,2,4,6H3. The zero-order valence-electron chi connectivity index (χ0n) is 12.4. The average Bonchev–Trinajstić information content (AvgIpc) is 2.36. The van der Waals surface area contributed by atoms with Gasteiger partial charge in [-0.3, -0.25) is 0 Å². The summed E-state index contributed by atoms with van der Waals surface area (Å²) in [6.07, 6.45) is -0.557. The predicted octanol–water partition coefficient (Wildman–Crippen LogP) is 2.19. The molecule has 0 radical (unpaired) electrons. The zero-order chi connectivity index (χ0) is 15.7. The lowest BCUT2D eigenvalue weighted by molar-refractivity contribution is -0.149. The van der Waals surface area contributed by atoms with Crippen molar-refractivity contribution in [2.75, 3.05) is 19.8 Å². The SMILES string of the molecule is C=C(C)COC(COC(=O)C(=C)C)COC(=O)C(=C)C. The third-order valence-corrected chi connectivity index (χ3v) is 2.06. The fraction of sp³-hybridized carbons (Fsp3) is 0.467. The molecule has 0 rings (SSSR count). The van der Waals surface area contributed by atoms with Crippen LogP contribution in [0.2, 0.25) is 0 Å². The van der Waals surface area contributed by atoms with E-state index >= 15 is 0 Å². The lowest BCUT2D eigenvalue weighted by Crippen LogP contribution is -2.29. The van der Waals surface area contributed by atoms with Crippen molar-refractivity contribution >= 4 is 11.9 Å². The zero-order valence-corrected chi connectivity index (χ0v) is 12.4. The third kappa shape index (κ3) is 8.26. The molecule has 0 aromatic heterocycles. The highest BCUT2D eigenvalue weighted by atomic mass is 16.6. The van der Waals surface area contributed by atoms with Crippen molar-refractivity contribution in [2.24, 2.45) is 0 Å². The highest BCUT2D eigenvalue weighted by Crippen LogP contribution is 2.03. The van der Waals surface area contributed by atoms with E-state index in [1.807, 2.05) is 0 Å². The van der Waals surface area contributed by atoms with Crippen LogP contribution in [0, 0.1) is 0 Å². The predicted molar refractivity (Wildman–Crippen MR) is 76.1 cm³/mol. The molecule has 0 heterocycles. The van der Waals surface area contributed by atoms with E-state index in [0.29, 0.717) is 17.8 Å². The molecule has 112 valence electrons. The fourth-order valence-corrected chi connectivity index (χ4v) is 0.988. The summed E-state index contributed by atoms with van der Waals surface area (Å²) in [5, 5.41) is 0. The number of carbonyl (C=O) groups is 2. The van der Waals surface area contributed by atoms with Crippen LogP contribution in [0.25, 0.3) is 0 Å². The van der Waals surface area contributed by atoms with Crippen molar-refractivity contribution in [3.63, 3.8) is 0 Å². The van der Waals surface area contributed by atoms with Gasteiger partial charge in [0.25, 0.3) is 0 Å². The summed E-state index contributed by atoms with van der Waals surface area (Å²) in [7, 11) is 0. The molecule has 0 fully saturated rings. The lowest BCUT2D eigenvalue weighted by Gasteiger charge is -2.18. The second kappa shape index (κ2) is 9.09. The lowest BCUT2D eigenvalue weighted by atomic mass is 10.3. The first-order chi connectivity index (χ1) is 9.23. The minimum atomic E-state index is -0.557. The Kier molecular flexibility index (Phi) is 8.24. The summed E-state index contributed by atoms with van der Waals surface area (Å²) in [6.45, 7) is 15.8. The van der Waals surface area contributed by atoms with Gasteiger partial charge >= 0.3 is 11.9 Å². The van der Waals surface area contributed by atoms with Crippen LogP contribution >= 0.6 is 0 Å². The molecule has 0 atom stereocenters. The molecule has 0 unspecified atom stereocenters. The van der Waals surface area contributed by atoms with Crippen LogP contribution in [0.1, 0.15) is 20.8 Å². The Morgan fingerprint density at radius 2 is 1.30 bits per heavy atom. The van der Waals surface area contributed by atoms with E-state index in [1.165, 1.54) is 0 Å². The van der Waals surface area contributed by atoms with Gasteiger partial charge in [0.15, 0.2) is 0 Å². The second-order valence-corrected chi connectivity index (χ2v) is 4.65. The number of carbonyl (C=O) groups excluding carboxylic acids is 2. The van der Waals surface area contributed by atoms with E-state index in [1.54, 1.807) is 20.8 Å². The maximum atomic E-state index is 11.3. The molecule has 0 aliphatic carbocycles. The molecular weight excluding hydrogens is 260 g/mol. The number of hydrogen-bond acceptors (Lipinski definition) is 5. The summed E-state index contributed by atoms with van der Waals surface area (Å²) >= 11 is 0. The van der Waals surface area contributed by atoms with Gasteiger partial charge in [0.1, 0.15) is 19.3 Å². The normalized spacial score (nSPS) is 10.0. The van der Waals surface area contributed by atoms with Crippen LogP contribution in [-0.2, 0) is 23.8 Å². The molecular formula is C15H22O5. The molecule has 0 N–H and O–H groups in total. The summed E-state index contributed by atoms with van der Waals surface area (Å²) in [5.41, 5.74) is 1.40. The van der Waals surface area contributed by atoms with Crippen LogP contribution in [-0.4, -0.2) is 37.9 Å². The van der Waals surface area contributed by atoms with Crippen molar-refractivity contribution in [3.8, 4) is 0 Å². The number of rotatable bonds is 9. The molecule has 5 heteroatoms. The Labute approximate surface area is 119 Å². The van der Waals surface area contributed by atoms with Gasteiger partial charge in [-0.25, -0.2) is 9.59 Å². The second-order valence-electron chi connectivity index (χ2n) is 4.65. The Morgan fingerprint density at radius 3 is 1.60 bits per heavy atom. The van der Waals surface area contributed by atoms with E-state index in [0.717, 1.165) is 5.57 Å². The van der Waals surface area contributed by atoms with Gasteiger partial charge in [-0.2, -0.15) is 0 Å². The highest BCUT2D eigenvalue weighted by Gasteiger charge is 2.16. The Bertz CT molecular complexity index is 378. The minimum absolute atomic E-state index is 0.0254. The Balaban J connectivity index is 4.36. The van der Waals surface area contributed by atoms with E-state index in [2.05, 4.69) is 19.7 Å². The van der Waals surface area contributed by atoms with Crippen molar-refractivity contribution in [1.82, 2.24) is 0 Å². The van der Waals surface area contributed by atoms with Crippen molar-refractivity contribution in [1.29, 1.82) is 0 Å². The summed E-state index contributed by atoms with van der Waals surface area (Å²) in [4.78, 5) is 22.6. The average molecular weight is 282 g/mol. The smallest absolute Gasteiger partial charge is 0.333 e. The van der Waals surface area contributed by atoms with Crippen molar-refractivity contribution < 1.29 is 23.8 Å². The van der Waals surface area contributed by atoms with Crippen molar-refractivity contribution in [3.05, 3.63) is 36.5 Å². The van der Waals surface area contributed by atoms with Gasteiger partial charge in [-0.1, -0.05) is 25.3 Å². The van der Waals surface area contributed by atoms with E-state index in [-0.39, 0.29) is 13.2 Å². The Hall–Kier alpha value is -1.88. The monoisotopic (exact) mass is 282 g/mol. The van der Waals surface area contributed by atoms with Crippen LogP contribution in [0.5, 0.6) is 0 Å². The van der Waals surface area contributed by atoms with Crippen LogP contribution < -0.4 is 0 Å². The van der Waals surface area contributed by atoms with Gasteiger partial charge in [0, 0.05) is 11.1 Å². The van der Waals surface area contributed by atoms with Gasteiger partial charge in [-0.05, 0) is 20.8 Å². The summed E-state index contributed by atoms with van der Waals surface area (Å²) in [5.74, 6) is -1.03. The summed E-state index contributed by atoms with van der Waals surface area (Å²) < 4.78 is 15.4. The Morgan fingerprint density at radius 1 is 0.900 bits per heavy atom. The summed E-state index contributed by atoms with van der Waals surface area (Å²) in [6, 6.07) is 0. The molecule has 0 saturated carbocycles. The minimum Gasteiger partial charge on any atom is -0.459 e. The molecule has 0 amide bonds. The van der Waals surface area contributed by atoms with Gasteiger partial charge in [0.05, 0.1) is 6.61 Å². The van der Waals surface area contributed by atoms with Crippen LogP contribution in [0.4, 0.5) is 0 Å². The first-order valence-electron chi connectivity index (χ1n) is 6.15. The van der Waals surface area contributed by atoms with Crippen LogP contribution in [0.3, 0.4) is 0 Å². The number of esters is 2. The first-order valence-corrected chi connectivity index (χ1v) is 6.15. The molecule has 5 nitrogen and oxygen atoms in total. The van der Waals surface area contributed by atoms with Crippen LogP contribution in [0.15, 0.2) is 36.5 Å². The number of hydrogen-bond donors (Lipinski definition) is 0. The van der Waals surface area contributed by atoms with E-state index in [9.17, 15) is 9.59 Å². The molecule has 0 aromatic carbocycles. The quantitative estimate of drug-likeness (QED) is 0.368.